The lowest BCUT2D eigenvalue weighted by atomic mass is 9.99. The Labute approximate surface area is 103 Å². The number of hydrogen-bond acceptors (Lipinski definition) is 1. The van der Waals surface area contributed by atoms with Gasteiger partial charge in [0, 0.05) is 5.69 Å². The van der Waals surface area contributed by atoms with Crippen LogP contribution in [0.15, 0.2) is 29.3 Å². The average Bonchev–Trinajstić information content (AvgIpc) is 2.36. The van der Waals surface area contributed by atoms with Crippen molar-refractivity contribution in [2.75, 3.05) is 11.9 Å². The lowest BCUT2D eigenvalue weighted by molar-refractivity contribution is 0.734. The van der Waals surface area contributed by atoms with Crippen LogP contribution in [0.1, 0.15) is 31.7 Å². The van der Waals surface area contributed by atoms with Crippen molar-refractivity contribution in [3.8, 4) is 12.3 Å². The maximum atomic E-state index is 5.66. The van der Waals surface area contributed by atoms with Gasteiger partial charge in [-0.25, -0.2) is 4.99 Å². The second-order valence-electron chi connectivity index (χ2n) is 3.96. The number of aliphatic imine (C=N–C) groups is 1. The van der Waals surface area contributed by atoms with E-state index < -0.39 is 0 Å². The number of anilines is 1. The quantitative estimate of drug-likeness (QED) is 0.473. The molecular weight excluding hydrogens is 210 g/mol. The smallest absolute Gasteiger partial charge is 0.194 e. The lowest BCUT2D eigenvalue weighted by Gasteiger charge is -2.10. The van der Waals surface area contributed by atoms with Crippen LogP contribution >= 0.6 is 0 Å². The van der Waals surface area contributed by atoms with Crippen molar-refractivity contribution in [1.29, 1.82) is 0 Å². The molecule has 3 heteroatoms. The standard InChI is InChI=1S/C14H19N3/c1-4-10-16-14(15)17-13-8-6-12(7-9-13)11(3)5-2/h1,6-9,11H,5,10H2,2-3H3,(H3,15,16,17). The van der Waals surface area contributed by atoms with Crippen LogP contribution in [0, 0.1) is 12.3 Å². The molecule has 17 heavy (non-hydrogen) atoms. The van der Waals surface area contributed by atoms with Crippen LogP contribution < -0.4 is 11.1 Å². The normalized spacial score (nSPS) is 12.9. The minimum Gasteiger partial charge on any atom is -0.370 e. The summed E-state index contributed by atoms with van der Waals surface area (Å²) < 4.78 is 0. The summed E-state index contributed by atoms with van der Waals surface area (Å²) in [6.07, 6.45) is 6.24. The van der Waals surface area contributed by atoms with Gasteiger partial charge in [-0.2, -0.15) is 0 Å². The van der Waals surface area contributed by atoms with E-state index in [1.165, 1.54) is 5.56 Å². The summed E-state index contributed by atoms with van der Waals surface area (Å²) in [4.78, 5) is 3.96. The molecule has 3 nitrogen and oxygen atoms in total. The van der Waals surface area contributed by atoms with Gasteiger partial charge in [0.05, 0.1) is 0 Å². The van der Waals surface area contributed by atoms with Crippen LogP contribution in [0.4, 0.5) is 5.69 Å². The first kappa shape index (κ1) is 13.1. The molecule has 0 fully saturated rings. The highest BCUT2D eigenvalue weighted by atomic mass is 15.1. The molecule has 1 unspecified atom stereocenters. The van der Waals surface area contributed by atoms with Crippen molar-refractivity contribution >= 4 is 11.6 Å². The fourth-order valence-electron chi connectivity index (χ4n) is 1.45. The number of nitrogens with zero attached hydrogens (tertiary/aromatic N) is 1. The summed E-state index contributed by atoms with van der Waals surface area (Å²) in [5, 5.41) is 2.99. The molecular formula is C14H19N3. The van der Waals surface area contributed by atoms with E-state index in [4.69, 9.17) is 12.2 Å². The van der Waals surface area contributed by atoms with Crippen LogP contribution in [0.3, 0.4) is 0 Å². The second kappa shape index (κ2) is 6.59. The molecule has 1 aromatic rings. The number of guanidine groups is 1. The molecule has 3 N–H and O–H groups in total. The number of rotatable bonds is 4. The van der Waals surface area contributed by atoms with Gasteiger partial charge < -0.3 is 11.1 Å². The highest BCUT2D eigenvalue weighted by Crippen LogP contribution is 2.20. The van der Waals surface area contributed by atoms with E-state index in [0.29, 0.717) is 18.4 Å². The van der Waals surface area contributed by atoms with Crippen molar-refractivity contribution in [3.63, 3.8) is 0 Å². The number of nitrogens with two attached hydrogens (primary N) is 1. The van der Waals surface area contributed by atoms with Gasteiger partial charge in [0.2, 0.25) is 0 Å². The van der Waals surface area contributed by atoms with Crippen molar-refractivity contribution in [2.45, 2.75) is 26.2 Å². The molecule has 90 valence electrons. The molecule has 0 bridgehead atoms. The monoisotopic (exact) mass is 229 g/mol. The molecule has 0 spiro atoms. The largest absolute Gasteiger partial charge is 0.370 e. The molecule has 0 saturated heterocycles. The minimum atomic E-state index is 0.295. The van der Waals surface area contributed by atoms with Crippen molar-refractivity contribution in [3.05, 3.63) is 29.8 Å². The lowest BCUT2D eigenvalue weighted by Crippen LogP contribution is -2.22. The van der Waals surface area contributed by atoms with Crippen LogP contribution in [-0.2, 0) is 0 Å². The topological polar surface area (TPSA) is 50.4 Å². The highest BCUT2D eigenvalue weighted by Gasteiger charge is 2.02. The third kappa shape index (κ3) is 4.20. The predicted molar refractivity (Wildman–Crippen MR) is 74.1 cm³/mol. The Hall–Kier alpha value is -1.95. The fourth-order valence-corrected chi connectivity index (χ4v) is 1.45. The maximum Gasteiger partial charge on any atom is 0.194 e. The van der Waals surface area contributed by atoms with Crippen molar-refractivity contribution in [2.24, 2.45) is 10.7 Å². The maximum absolute atomic E-state index is 5.66. The zero-order valence-electron chi connectivity index (χ0n) is 10.4. The summed E-state index contributed by atoms with van der Waals surface area (Å²) in [6, 6.07) is 8.20. The molecule has 0 radical (unpaired) electrons. The summed E-state index contributed by atoms with van der Waals surface area (Å²) in [5.41, 5.74) is 7.92. The van der Waals surface area contributed by atoms with E-state index in [9.17, 15) is 0 Å². The van der Waals surface area contributed by atoms with E-state index in [2.05, 4.69) is 42.2 Å². The molecule has 1 aromatic carbocycles. The fraction of sp³-hybridized carbons (Fsp3) is 0.357. The molecule has 0 aliphatic heterocycles. The summed E-state index contributed by atoms with van der Waals surface area (Å²) in [6.45, 7) is 4.69. The van der Waals surface area contributed by atoms with Gasteiger partial charge in [-0.3, -0.25) is 0 Å². The molecule has 0 amide bonds. The van der Waals surface area contributed by atoms with Gasteiger partial charge in [0.25, 0.3) is 0 Å². The molecule has 0 aromatic heterocycles. The van der Waals surface area contributed by atoms with E-state index in [-0.39, 0.29) is 0 Å². The van der Waals surface area contributed by atoms with E-state index in [1.807, 2.05) is 12.1 Å². The number of benzene rings is 1. The van der Waals surface area contributed by atoms with Gasteiger partial charge in [-0.05, 0) is 30.0 Å². The SMILES string of the molecule is C#CCN=C(N)Nc1ccc(C(C)CC)cc1. The molecule has 0 aliphatic carbocycles. The van der Waals surface area contributed by atoms with Crippen LogP contribution in [0.5, 0.6) is 0 Å². The Morgan fingerprint density at radius 2 is 2.12 bits per heavy atom. The van der Waals surface area contributed by atoms with Gasteiger partial charge in [-0.1, -0.05) is 31.9 Å². The molecule has 0 heterocycles. The first-order valence-electron chi connectivity index (χ1n) is 5.77. The zero-order chi connectivity index (χ0) is 12.7. The Kier molecular flexibility index (Phi) is 5.09. The van der Waals surface area contributed by atoms with E-state index >= 15 is 0 Å². The Balaban J connectivity index is 2.66. The average molecular weight is 229 g/mol. The Bertz CT molecular complexity index is 412. The first-order valence-corrected chi connectivity index (χ1v) is 5.77. The zero-order valence-corrected chi connectivity index (χ0v) is 10.4. The third-order valence-corrected chi connectivity index (χ3v) is 2.71. The van der Waals surface area contributed by atoms with E-state index in [1.54, 1.807) is 0 Å². The minimum absolute atomic E-state index is 0.295. The molecule has 1 rings (SSSR count). The second-order valence-corrected chi connectivity index (χ2v) is 3.96. The summed E-state index contributed by atoms with van der Waals surface area (Å²) >= 11 is 0. The third-order valence-electron chi connectivity index (χ3n) is 2.71. The van der Waals surface area contributed by atoms with Crippen molar-refractivity contribution < 1.29 is 0 Å². The van der Waals surface area contributed by atoms with Gasteiger partial charge >= 0.3 is 0 Å². The Morgan fingerprint density at radius 3 is 2.65 bits per heavy atom. The number of terminal acetylenes is 1. The van der Waals surface area contributed by atoms with Crippen molar-refractivity contribution in [1.82, 2.24) is 0 Å². The molecule has 0 saturated carbocycles. The van der Waals surface area contributed by atoms with Gasteiger partial charge in [-0.15, -0.1) is 6.42 Å². The highest BCUT2D eigenvalue weighted by molar-refractivity contribution is 5.92. The van der Waals surface area contributed by atoms with E-state index in [0.717, 1.165) is 12.1 Å². The number of hydrogen-bond donors (Lipinski definition) is 2. The predicted octanol–water partition coefficient (Wildman–Crippen LogP) is 2.56. The number of nitrogens with one attached hydrogen (secondary N) is 1. The van der Waals surface area contributed by atoms with Crippen LogP contribution in [0.2, 0.25) is 0 Å². The first-order chi connectivity index (χ1) is 8.17. The summed E-state index contributed by atoms with van der Waals surface area (Å²) in [5.74, 6) is 3.34. The van der Waals surface area contributed by atoms with Crippen LogP contribution in [-0.4, -0.2) is 12.5 Å². The van der Waals surface area contributed by atoms with Gasteiger partial charge in [0.1, 0.15) is 6.54 Å². The Morgan fingerprint density at radius 1 is 1.47 bits per heavy atom. The van der Waals surface area contributed by atoms with Crippen LogP contribution in [0.25, 0.3) is 0 Å². The molecule has 0 aliphatic rings. The van der Waals surface area contributed by atoms with Gasteiger partial charge in [0.15, 0.2) is 5.96 Å². The summed E-state index contributed by atoms with van der Waals surface area (Å²) in [7, 11) is 0. The molecule has 1 atom stereocenters.